The molecule has 0 aliphatic carbocycles. The highest BCUT2D eigenvalue weighted by molar-refractivity contribution is 5.82. The summed E-state index contributed by atoms with van der Waals surface area (Å²) in [5.41, 5.74) is -0.459. The second-order valence-corrected chi connectivity index (χ2v) is 6.20. The molecule has 25 heavy (non-hydrogen) atoms. The second-order valence-electron chi connectivity index (χ2n) is 6.20. The zero-order chi connectivity index (χ0) is 19.3. The summed E-state index contributed by atoms with van der Waals surface area (Å²) in [5.74, 6) is -1.43. The molecule has 1 aromatic carbocycles. The van der Waals surface area contributed by atoms with E-state index in [4.69, 9.17) is 9.47 Å². The number of aliphatic hydroxyl groups is 1. The van der Waals surface area contributed by atoms with Crippen molar-refractivity contribution in [2.45, 2.75) is 51.3 Å². The summed E-state index contributed by atoms with van der Waals surface area (Å²) in [6, 6.07) is 5.88. The summed E-state index contributed by atoms with van der Waals surface area (Å²) < 4.78 is 47.9. The van der Waals surface area contributed by atoms with Crippen LogP contribution in [-0.2, 0) is 20.9 Å². The molecule has 0 radical (unpaired) electrons. The van der Waals surface area contributed by atoms with E-state index < -0.39 is 36.0 Å². The van der Waals surface area contributed by atoms with Crippen molar-refractivity contribution >= 4 is 12.1 Å². The molecule has 0 saturated heterocycles. The van der Waals surface area contributed by atoms with Crippen LogP contribution in [0.15, 0.2) is 30.3 Å². The molecule has 1 rings (SSSR count). The molecule has 140 valence electrons. The Morgan fingerprint density at radius 1 is 1.16 bits per heavy atom. The van der Waals surface area contributed by atoms with Crippen molar-refractivity contribution < 1.29 is 37.3 Å². The van der Waals surface area contributed by atoms with Crippen LogP contribution in [0.4, 0.5) is 18.0 Å². The van der Waals surface area contributed by atoms with Gasteiger partial charge in [0, 0.05) is 0 Å². The van der Waals surface area contributed by atoms with E-state index in [0.29, 0.717) is 5.56 Å². The molecule has 0 spiro atoms. The van der Waals surface area contributed by atoms with E-state index in [1.807, 2.05) is 0 Å². The highest BCUT2D eigenvalue weighted by atomic mass is 19.4. The Hall–Kier alpha value is -2.29. The quantitative estimate of drug-likeness (QED) is 0.786. The lowest BCUT2D eigenvalue weighted by Crippen LogP contribution is -2.55. The summed E-state index contributed by atoms with van der Waals surface area (Å²) in [6.45, 7) is 4.18. The van der Waals surface area contributed by atoms with Gasteiger partial charge in [0.25, 0.3) is 0 Å². The third kappa shape index (κ3) is 7.42. The standard InChI is InChI=1S/C16H20F3NO5/c1-15(2,3)25-14(23)20-11(12(21)16(17,18)19)13(22)24-9-10-7-5-4-6-8-10/h4-8,11-12,21H,9H2,1-3H3,(H,20,23)/t11-,12+/m0/s1. The number of benzene rings is 1. The van der Waals surface area contributed by atoms with Gasteiger partial charge in [0.2, 0.25) is 0 Å². The van der Waals surface area contributed by atoms with Crippen molar-refractivity contribution in [2.24, 2.45) is 0 Å². The van der Waals surface area contributed by atoms with Crippen LogP contribution in [0.2, 0.25) is 0 Å². The van der Waals surface area contributed by atoms with E-state index in [0.717, 1.165) is 0 Å². The summed E-state index contributed by atoms with van der Waals surface area (Å²) >= 11 is 0. The fourth-order valence-corrected chi connectivity index (χ4v) is 1.71. The maximum Gasteiger partial charge on any atom is 0.416 e. The van der Waals surface area contributed by atoms with Gasteiger partial charge in [-0.3, -0.25) is 0 Å². The molecule has 0 saturated carbocycles. The smallest absolute Gasteiger partial charge is 0.416 e. The highest BCUT2D eigenvalue weighted by Crippen LogP contribution is 2.23. The molecule has 2 atom stereocenters. The van der Waals surface area contributed by atoms with E-state index in [-0.39, 0.29) is 6.61 Å². The monoisotopic (exact) mass is 363 g/mol. The minimum Gasteiger partial charge on any atom is -0.459 e. The molecule has 1 aromatic rings. The molecular weight excluding hydrogens is 343 g/mol. The van der Waals surface area contributed by atoms with Crippen LogP contribution in [0.1, 0.15) is 26.3 Å². The summed E-state index contributed by atoms with van der Waals surface area (Å²) in [6.07, 6.45) is -9.55. The van der Waals surface area contributed by atoms with Crippen molar-refractivity contribution in [3.63, 3.8) is 0 Å². The predicted molar refractivity (Wildman–Crippen MR) is 81.5 cm³/mol. The number of hydrogen-bond acceptors (Lipinski definition) is 5. The lowest BCUT2D eigenvalue weighted by molar-refractivity contribution is -0.216. The molecule has 0 heterocycles. The normalized spacial score (nSPS) is 14.4. The number of alkyl halides is 3. The van der Waals surface area contributed by atoms with Gasteiger partial charge in [0.1, 0.15) is 12.2 Å². The van der Waals surface area contributed by atoms with Crippen LogP contribution in [0.25, 0.3) is 0 Å². The number of esters is 1. The van der Waals surface area contributed by atoms with Crippen LogP contribution in [0.5, 0.6) is 0 Å². The van der Waals surface area contributed by atoms with Crippen LogP contribution >= 0.6 is 0 Å². The number of carbonyl (C=O) groups is 2. The first-order valence-corrected chi connectivity index (χ1v) is 7.35. The van der Waals surface area contributed by atoms with Gasteiger partial charge < -0.3 is 19.9 Å². The molecule has 1 amide bonds. The first-order valence-electron chi connectivity index (χ1n) is 7.35. The summed E-state index contributed by atoms with van der Waals surface area (Å²) in [5, 5.41) is 11.1. The first kappa shape index (κ1) is 20.8. The summed E-state index contributed by atoms with van der Waals surface area (Å²) in [7, 11) is 0. The van der Waals surface area contributed by atoms with Crippen LogP contribution in [-0.4, -0.2) is 41.1 Å². The van der Waals surface area contributed by atoms with E-state index in [9.17, 15) is 27.9 Å². The lowest BCUT2D eigenvalue weighted by atomic mass is 10.1. The third-order valence-corrected chi connectivity index (χ3v) is 2.80. The van der Waals surface area contributed by atoms with E-state index in [1.165, 1.54) is 20.8 Å². The number of aliphatic hydroxyl groups excluding tert-OH is 1. The Morgan fingerprint density at radius 2 is 1.72 bits per heavy atom. The Bertz CT molecular complexity index is 584. The predicted octanol–water partition coefficient (Wildman–Crippen LogP) is 2.55. The minimum absolute atomic E-state index is 0.309. The molecular formula is C16H20F3NO5. The molecule has 0 aliphatic heterocycles. The molecule has 0 aliphatic rings. The van der Waals surface area contributed by atoms with Gasteiger partial charge in [-0.25, -0.2) is 9.59 Å². The Labute approximate surface area is 142 Å². The van der Waals surface area contributed by atoms with Gasteiger partial charge in [0.05, 0.1) is 0 Å². The van der Waals surface area contributed by atoms with Gasteiger partial charge in [-0.2, -0.15) is 13.2 Å². The van der Waals surface area contributed by atoms with Gasteiger partial charge in [0.15, 0.2) is 12.1 Å². The zero-order valence-electron chi connectivity index (χ0n) is 14.0. The molecule has 0 bridgehead atoms. The lowest BCUT2D eigenvalue weighted by Gasteiger charge is -2.26. The highest BCUT2D eigenvalue weighted by Gasteiger charge is 2.48. The Morgan fingerprint density at radius 3 is 2.20 bits per heavy atom. The van der Waals surface area contributed by atoms with Crippen LogP contribution in [0, 0.1) is 0 Å². The average molecular weight is 363 g/mol. The van der Waals surface area contributed by atoms with E-state index in [1.54, 1.807) is 35.6 Å². The first-order chi connectivity index (χ1) is 11.4. The molecule has 6 nitrogen and oxygen atoms in total. The second kappa shape index (κ2) is 8.19. The largest absolute Gasteiger partial charge is 0.459 e. The zero-order valence-corrected chi connectivity index (χ0v) is 14.0. The number of carbonyl (C=O) groups excluding carboxylic acids is 2. The summed E-state index contributed by atoms with van der Waals surface area (Å²) in [4.78, 5) is 23.6. The molecule has 0 unspecified atom stereocenters. The van der Waals surface area contributed by atoms with Gasteiger partial charge >= 0.3 is 18.2 Å². The van der Waals surface area contributed by atoms with Crippen molar-refractivity contribution in [1.29, 1.82) is 0 Å². The number of halogens is 3. The maximum absolute atomic E-state index is 12.8. The topological polar surface area (TPSA) is 84.9 Å². The van der Waals surface area contributed by atoms with E-state index >= 15 is 0 Å². The molecule has 0 aromatic heterocycles. The molecule has 9 heteroatoms. The van der Waals surface area contributed by atoms with Crippen LogP contribution in [0.3, 0.4) is 0 Å². The SMILES string of the molecule is CC(C)(C)OC(=O)N[C@H](C(=O)OCc1ccccc1)[C@@H](O)C(F)(F)F. The average Bonchev–Trinajstić information content (AvgIpc) is 2.48. The fourth-order valence-electron chi connectivity index (χ4n) is 1.71. The third-order valence-electron chi connectivity index (χ3n) is 2.80. The number of nitrogens with one attached hydrogen (secondary N) is 1. The number of alkyl carbamates (subject to hydrolysis) is 1. The van der Waals surface area contributed by atoms with Crippen molar-refractivity contribution in [2.75, 3.05) is 0 Å². The fraction of sp³-hybridized carbons (Fsp3) is 0.500. The molecule has 2 N–H and O–H groups in total. The number of amides is 1. The Kier molecular flexibility index (Phi) is 6.80. The van der Waals surface area contributed by atoms with Crippen LogP contribution < -0.4 is 5.32 Å². The number of rotatable bonds is 5. The number of hydrogen-bond donors (Lipinski definition) is 2. The molecule has 0 fully saturated rings. The van der Waals surface area contributed by atoms with Crippen molar-refractivity contribution in [3.05, 3.63) is 35.9 Å². The van der Waals surface area contributed by atoms with Gasteiger partial charge in [-0.15, -0.1) is 0 Å². The maximum atomic E-state index is 12.8. The van der Waals surface area contributed by atoms with Gasteiger partial charge in [-0.05, 0) is 26.3 Å². The van der Waals surface area contributed by atoms with Crippen molar-refractivity contribution in [1.82, 2.24) is 5.32 Å². The van der Waals surface area contributed by atoms with Crippen molar-refractivity contribution in [3.8, 4) is 0 Å². The van der Waals surface area contributed by atoms with E-state index in [2.05, 4.69) is 0 Å². The number of ether oxygens (including phenoxy) is 2. The minimum atomic E-state index is -5.13. The Balaban J connectivity index is 2.82. The van der Waals surface area contributed by atoms with Gasteiger partial charge in [-0.1, -0.05) is 30.3 Å².